The van der Waals surface area contributed by atoms with Gasteiger partial charge in [-0.3, -0.25) is 9.59 Å². The van der Waals surface area contributed by atoms with Gasteiger partial charge in [0.1, 0.15) is 11.5 Å². The molecule has 3 rings (SSSR count). The first-order valence-electron chi connectivity index (χ1n) is 8.41. The highest BCUT2D eigenvalue weighted by molar-refractivity contribution is 5.99. The Labute approximate surface area is 152 Å². The molecule has 26 heavy (non-hydrogen) atoms. The maximum Gasteiger partial charge on any atom is 0.251 e. The largest absolute Gasteiger partial charge is 0.497 e. The predicted octanol–water partition coefficient (Wildman–Crippen LogP) is 2.55. The number of hydrogen-bond donors (Lipinski definition) is 1. The van der Waals surface area contributed by atoms with Crippen molar-refractivity contribution in [1.82, 2.24) is 5.32 Å². The molecule has 0 bridgehead atoms. The van der Waals surface area contributed by atoms with Crippen LogP contribution in [0.25, 0.3) is 0 Å². The lowest BCUT2D eigenvalue weighted by Crippen LogP contribution is -2.37. The number of carbonyl (C=O) groups excluding carboxylic acids is 2. The normalized spacial score (nSPS) is 16.5. The number of amides is 2. The molecular weight excluding hydrogens is 332 g/mol. The van der Waals surface area contributed by atoms with Gasteiger partial charge in [0.25, 0.3) is 5.91 Å². The van der Waals surface area contributed by atoms with Gasteiger partial charge >= 0.3 is 0 Å². The summed E-state index contributed by atoms with van der Waals surface area (Å²) in [4.78, 5) is 26.6. The summed E-state index contributed by atoms with van der Waals surface area (Å²) in [5.74, 6) is 0.824. The number of carbonyl (C=O) groups is 2. The number of hydrogen-bond acceptors (Lipinski definition) is 4. The molecule has 1 heterocycles. The van der Waals surface area contributed by atoms with E-state index in [0.29, 0.717) is 23.6 Å². The van der Waals surface area contributed by atoms with E-state index < -0.39 is 0 Å². The zero-order chi connectivity index (χ0) is 18.7. The second-order valence-electron chi connectivity index (χ2n) is 6.32. The minimum Gasteiger partial charge on any atom is -0.497 e. The fraction of sp³-hybridized carbons (Fsp3) is 0.300. The topological polar surface area (TPSA) is 67.9 Å². The van der Waals surface area contributed by atoms with Gasteiger partial charge in [0.2, 0.25) is 5.91 Å². The SMILES string of the molecule is COc1cc(OC)cc(C(=O)N[C@H]2CC(=O)N(c3ccc(C)cc3)C2)c1. The number of benzene rings is 2. The van der Waals surface area contributed by atoms with Crippen LogP contribution in [-0.4, -0.2) is 38.6 Å². The van der Waals surface area contributed by atoms with Gasteiger partial charge in [0.15, 0.2) is 0 Å². The van der Waals surface area contributed by atoms with Crippen LogP contribution < -0.4 is 19.7 Å². The van der Waals surface area contributed by atoms with Gasteiger partial charge in [0.05, 0.1) is 20.3 Å². The van der Waals surface area contributed by atoms with Crippen molar-refractivity contribution in [2.75, 3.05) is 25.7 Å². The molecule has 1 saturated heterocycles. The quantitative estimate of drug-likeness (QED) is 0.896. The Morgan fingerprint density at radius 1 is 1.08 bits per heavy atom. The van der Waals surface area contributed by atoms with Gasteiger partial charge in [-0.25, -0.2) is 0 Å². The van der Waals surface area contributed by atoms with Crippen LogP contribution in [0, 0.1) is 6.92 Å². The van der Waals surface area contributed by atoms with Gasteiger partial charge in [0, 0.05) is 30.3 Å². The van der Waals surface area contributed by atoms with E-state index >= 15 is 0 Å². The van der Waals surface area contributed by atoms with Gasteiger partial charge in [-0.1, -0.05) is 17.7 Å². The van der Waals surface area contributed by atoms with Gasteiger partial charge in [-0.05, 0) is 31.2 Å². The average molecular weight is 354 g/mol. The molecule has 2 aromatic rings. The lowest BCUT2D eigenvalue weighted by molar-refractivity contribution is -0.117. The molecule has 0 saturated carbocycles. The molecular formula is C20H22N2O4. The molecule has 0 aliphatic carbocycles. The van der Waals surface area contributed by atoms with Crippen LogP contribution in [0.5, 0.6) is 11.5 Å². The van der Waals surface area contributed by atoms with E-state index in [1.807, 2.05) is 31.2 Å². The molecule has 0 unspecified atom stereocenters. The van der Waals surface area contributed by atoms with Crippen LogP contribution >= 0.6 is 0 Å². The maximum atomic E-state index is 12.6. The number of methoxy groups -OCH3 is 2. The summed E-state index contributed by atoms with van der Waals surface area (Å²) in [6, 6.07) is 12.5. The molecule has 1 atom stereocenters. The Morgan fingerprint density at radius 2 is 1.69 bits per heavy atom. The zero-order valence-corrected chi connectivity index (χ0v) is 15.1. The van der Waals surface area contributed by atoms with Crippen molar-refractivity contribution in [1.29, 1.82) is 0 Å². The minimum atomic E-state index is -0.259. The standard InChI is InChI=1S/C20H22N2O4/c1-13-4-6-16(7-5-13)22-12-15(10-19(22)23)21-20(24)14-8-17(25-2)11-18(9-14)26-3/h4-9,11,15H,10,12H2,1-3H3,(H,21,24)/t15-/m0/s1. The monoisotopic (exact) mass is 354 g/mol. The van der Waals surface area contributed by atoms with Crippen molar-refractivity contribution in [3.05, 3.63) is 53.6 Å². The van der Waals surface area contributed by atoms with E-state index in [1.165, 1.54) is 14.2 Å². The first-order valence-corrected chi connectivity index (χ1v) is 8.41. The Hall–Kier alpha value is -3.02. The molecule has 1 aliphatic heterocycles. The molecule has 2 aromatic carbocycles. The van der Waals surface area contributed by atoms with Crippen molar-refractivity contribution < 1.29 is 19.1 Å². The summed E-state index contributed by atoms with van der Waals surface area (Å²) in [6.07, 6.45) is 0.278. The number of nitrogens with zero attached hydrogens (tertiary/aromatic N) is 1. The average Bonchev–Trinajstić information content (AvgIpc) is 3.01. The van der Waals surface area contributed by atoms with E-state index in [1.54, 1.807) is 23.1 Å². The predicted molar refractivity (Wildman–Crippen MR) is 98.9 cm³/mol. The molecule has 0 radical (unpaired) electrons. The summed E-state index contributed by atoms with van der Waals surface area (Å²) in [7, 11) is 3.07. The summed E-state index contributed by atoms with van der Waals surface area (Å²) < 4.78 is 10.4. The second-order valence-corrected chi connectivity index (χ2v) is 6.32. The van der Waals surface area contributed by atoms with Crippen molar-refractivity contribution in [3.8, 4) is 11.5 Å². The Morgan fingerprint density at radius 3 is 2.27 bits per heavy atom. The third kappa shape index (κ3) is 3.79. The second kappa shape index (κ2) is 7.47. The molecule has 136 valence electrons. The van der Waals surface area contributed by atoms with Crippen LogP contribution in [0.3, 0.4) is 0 Å². The van der Waals surface area contributed by atoms with E-state index in [0.717, 1.165) is 11.3 Å². The third-order valence-corrected chi connectivity index (χ3v) is 4.42. The van der Waals surface area contributed by atoms with Crippen molar-refractivity contribution >= 4 is 17.5 Å². The Kier molecular flexibility index (Phi) is 5.11. The molecule has 0 spiro atoms. The van der Waals surface area contributed by atoms with Crippen LogP contribution in [-0.2, 0) is 4.79 Å². The van der Waals surface area contributed by atoms with Crippen molar-refractivity contribution in [2.24, 2.45) is 0 Å². The number of ether oxygens (including phenoxy) is 2. The number of anilines is 1. The lowest BCUT2D eigenvalue weighted by atomic mass is 10.1. The molecule has 2 amide bonds. The smallest absolute Gasteiger partial charge is 0.251 e. The van der Waals surface area contributed by atoms with E-state index in [9.17, 15) is 9.59 Å². The molecule has 0 aromatic heterocycles. The van der Waals surface area contributed by atoms with Crippen LogP contribution in [0.1, 0.15) is 22.3 Å². The Bertz CT molecular complexity index is 795. The first-order chi connectivity index (χ1) is 12.5. The van der Waals surface area contributed by atoms with E-state index in [2.05, 4.69) is 5.32 Å². The number of nitrogens with one attached hydrogen (secondary N) is 1. The fourth-order valence-electron chi connectivity index (χ4n) is 2.99. The van der Waals surface area contributed by atoms with Crippen LogP contribution in [0.15, 0.2) is 42.5 Å². The molecule has 1 N–H and O–H groups in total. The third-order valence-electron chi connectivity index (χ3n) is 4.42. The molecule has 1 aliphatic rings. The molecule has 1 fully saturated rings. The highest BCUT2D eigenvalue weighted by atomic mass is 16.5. The lowest BCUT2D eigenvalue weighted by Gasteiger charge is -2.17. The van der Waals surface area contributed by atoms with Crippen molar-refractivity contribution in [3.63, 3.8) is 0 Å². The van der Waals surface area contributed by atoms with Crippen LogP contribution in [0.4, 0.5) is 5.69 Å². The van der Waals surface area contributed by atoms with Gasteiger partial charge < -0.3 is 19.7 Å². The molecule has 6 heteroatoms. The highest BCUT2D eigenvalue weighted by Gasteiger charge is 2.31. The fourth-order valence-corrected chi connectivity index (χ4v) is 2.99. The summed E-state index contributed by atoms with van der Waals surface area (Å²) in [5.41, 5.74) is 2.42. The Balaban J connectivity index is 1.71. The van der Waals surface area contributed by atoms with E-state index in [4.69, 9.17) is 9.47 Å². The number of rotatable bonds is 5. The minimum absolute atomic E-state index is 0.00220. The van der Waals surface area contributed by atoms with Crippen LogP contribution in [0.2, 0.25) is 0 Å². The highest BCUT2D eigenvalue weighted by Crippen LogP contribution is 2.24. The van der Waals surface area contributed by atoms with E-state index in [-0.39, 0.29) is 24.3 Å². The number of aryl methyl sites for hydroxylation is 1. The summed E-state index contributed by atoms with van der Waals surface area (Å²) in [6.45, 7) is 2.45. The summed E-state index contributed by atoms with van der Waals surface area (Å²) >= 11 is 0. The first kappa shape index (κ1) is 17.8. The molecule has 6 nitrogen and oxygen atoms in total. The summed E-state index contributed by atoms with van der Waals surface area (Å²) in [5, 5.41) is 2.93. The van der Waals surface area contributed by atoms with Gasteiger partial charge in [-0.2, -0.15) is 0 Å². The van der Waals surface area contributed by atoms with Crippen molar-refractivity contribution in [2.45, 2.75) is 19.4 Å². The van der Waals surface area contributed by atoms with Gasteiger partial charge in [-0.15, -0.1) is 0 Å². The maximum absolute atomic E-state index is 12.6. The zero-order valence-electron chi connectivity index (χ0n) is 15.1.